The van der Waals surface area contributed by atoms with Crippen LogP contribution in [0.1, 0.15) is 41.7 Å². The third-order valence-corrected chi connectivity index (χ3v) is 4.79. The molecule has 1 heterocycles. The van der Waals surface area contributed by atoms with Crippen molar-refractivity contribution in [1.82, 2.24) is 15.1 Å². The average molecular weight is 424 g/mol. The summed E-state index contributed by atoms with van der Waals surface area (Å²) in [6, 6.07) is 15.9. The van der Waals surface area contributed by atoms with E-state index in [1.54, 1.807) is 36.4 Å². The number of aromatic nitrogens is 2. The molecule has 1 unspecified atom stereocenters. The molecule has 3 N–H and O–H groups in total. The number of nitrogens with zero attached hydrogens (tertiary/aromatic N) is 2. The number of nitrogens with two attached hydrogens (primary N) is 1. The van der Waals surface area contributed by atoms with Crippen LogP contribution in [0, 0.1) is 11.2 Å². The first kappa shape index (κ1) is 22.0. The van der Waals surface area contributed by atoms with Gasteiger partial charge in [-0.1, -0.05) is 51.1 Å². The number of ether oxygens (including phenoxy) is 1. The zero-order valence-corrected chi connectivity index (χ0v) is 17.6. The van der Waals surface area contributed by atoms with Gasteiger partial charge in [0.2, 0.25) is 0 Å². The van der Waals surface area contributed by atoms with Crippen molar-refractivity contribution in [1.29, 1.82) is 0 Å². The van der Waals surface area contributed by atoms with E-state index in [0.29, 0.717) is 5.69 Å². The lowest BCUT2D eigenvalue weighted by molar-refractivity contribution is 0.0854. The summed E-state index contributed by atoms with van der Waals surface area (Å²) in [6.45, 7) is 5.85. The number of rotatable bonds is 7. The molecule has 2 aromatic carbocycles. The highest BCUT2D eigenvalue weighted by atomic mass is 19.1. The summed E-state index contributed by atoms with van der Waals surface area (Å²) in [7, 11) is 0. The Bertz CT molecular complexity index is 1070. The summed E-state index contributed by atoms with van der Waals surface area (Å²) in [6.07, 6.45) is 0. The van der Waals surface area contributed by atoms with E-state index in [0.717, 1.165) is 0 Å². The van der Waals surface area contributed by atoms with Gasteiger partial charge in [0.25, 0.3) is 11.8 Å². The van der Waals surface area contributed by atoms with E-state index in [-0.39, 0.29) is 23.7 Å². The molecule has 0 bridgehead atoms. The van der Waals surface area contributed by atoms with Crippen LogP contribution in [-0.4, -0.2) is 34.2 Å². The first-order valence-corrected chi connectivity index (χ1v) is 9.80. The van der Waals surface area contributed by atoms with Gasteiger partial charge in [-0.3, -0.25) is 9.59 Å². The summed E-state index contributed by atoms with van der Waals surface area (Å²) < 4.78 is 20.8. The molecule has 162 valence electrons. The van der Waals surface area contributed by atoms with Crippen molar-refractivity contribution in [2.24, 2.45) is 11.1 Å². The summed E-state index contributed by atoms with van der Waals surface area (Å²) in [5.41, 5.74) is 5.81. The van der Waals surface area contributed by atoms with E-state index < -0.39 is 29.1 Å². The Labute approximate surface area is 180 Å². The largest absolute Gasteiger partial charge is 0.488 e. The number of amides is 2. The number of carbonyl (C=O) groups is 2. The van der Waals surface area contributed by atoms with Gasteiger partial charge in [0.1, 0.15) is 12.3 Å². The molecule has 7 nitrogen and oxygen atoms in total. The minimum Gasteiger partial charge on any atom is -0.488 e. The van der Waals surface area contributed by atoms with Crippen LogP contribution in [0.15, 0.2) is 60.7 Å². The summed E-state index contributed by atoms with van der Waals surface area (Å²) in [5.74, 6) is -1.57. The third kappa shape index (κ3) is 5.28. The number of primary amides is 1. The Morgan fingerprint density at radius 1 is 1.13 bits per heavy atom. The zero-order chi connectivity index (χ0) is 22.6. The smallest absolute Gasteiger partial charge is 0.272 e. The number of hydrogen-bond acceptors (Lipinski definition) is 4. The highest BCUT2D eigenvalue weighted by molar-refractivity contribution is 5.97. The number of hydrogen-bond donors (Lipinski definition) is 2. The van der Waals surface area contributed by atoms with Crippen molar-refractivity contribution in [3.63, 3.8) is 0 Å². The van der Waals surface area contributed by atoms with Gasteiger partial charge in [-0.2, -0.15) is 5.10 Å². The predicted octanol–water partition coefficient (Wildman–Crippen LogP) is 3.33. The van der Waals surface area contributed by atoms with Gasteiger partial charge >= 0.3 is 0 Å². The predicted molar refractivity (Wildman–Crippen MR) is 115 cm³/mol. The van der Waals surface area contributed by atoms with E-state index in [4.69, 9.17) is 10.5 Å². The monoisotopic (exact) mass is 424 g/mol. The molecule has 0 saturated heterocycles. The van der Waals surface area contributed by atoms with Gasteiger partial charge < -0.3 is 15.8 Å². The molecule has 1 aromatic heterocycles. The van der Waals surface area contributed by atoms with Gasteiger partial charge in [0, 0.05) is 6.07 Å². The van der Waals surface area contributed by atoms with Crippen molar-refractivity contribution in [3.05, 3.63) is 77.9 Å². The number of nitrogens with one attached hydrogen (secondary N) is 1. The van der Waals surface area contributed by atoms with Crippen LogP contribution >= 0.6 is 0 Å². The van der Waals surface area contributed by atoms with Crippen LogP contribution in [0.25, 0.3) is 5.69 Å². The standard InChI is InChI=1S/C23H25FN4O3/c1-23(2,3)20(14-31-19-12-8-7-11-16(19)24)26-22(30)17-13-18(21(25)29)28(27-17)15-9-5-4-6-10-15/h4-13,20H,14H2,1-3H3,(H2,25,29)(H,26,30). The minimum absolute atomic E-state index is 0.0396. The summed E-state index contributed by atoms with van der Waals surface area (Å²) >= 11 is 0. The van der Waals surface area contributed by atoms with E-state index in [1.165, 1.54) is 22.9 Å². The zero-order valence-electron chi connectivity index (χ0n) is 17.6. The molecule has 31 heavy (non-hydrogen) atoms. The molecule has 0 radical (unpaired) electrons. The van der Waals surface area contributed by atoms with Crippen LogP contribution in [0.3, 0.4) is 0 Å². The van der Waals surface area contributed by atoms with Crippen molar-refractivity contribution in [2.75, 3.05) is 6.61 Å². The van der Waals surface area contributed by atoms with Gasteiger partial charge in [-0.25, -0.2) is 9.07 Å². The Hall–Kier alpha value is -3.68. The van der Waals surface area contributed by atoms with Gasteiger partial charge in [-0.15, -0.1) is 0 Å². The minimum atomic E-state index is -0.703. The molecule has 0 saturated carbocycles. The fraction of sp³-hybridized carbons (Fsp3) is 0.261. The first-order valence-electron chi connectivity index (χ1n) is 9.80. The molecule has 3 aromatic rings. The van der Waals surface area contributed by atoms with Crippen LogP contribution < -0.4 is 15.8 Å². The Morgan fingerprint density at radius 2 is 1.77 bits per heavy atom. The van der Waals surface area contributed by atoms with Gasteiger partial charge in [0.15, 0.2) is 17.3 Å². The second-order valence-electron chi connectivity index (χ2n) is 8.16. The molecule has 1 atom stereocenters. The molecular formula is C23H25FN4O3. The molecule has 0 fully saturated rings. The Morgan fingerprint density at radius 3 is 2.39 bits per heavy atom. The highest BCUT2D eigenvalue weighted by Crippen LogP contribution is 2.23. The molecule has 8 heteroatoms. The lowest BCUT2D eigenvalue weighted by Gasteiger charge is -2.31. The summed E-state index contributed by atoms with van der Waals surface area (Å²) in [4.78, 5) is 24.8. The summed E-state index contributed by atoms with van der Waals surface area (Å²) in [5, 5.41) is 7.15. The van der Waals surface area contributed by atoms with E-state index >= 15 is 0 Å². The maximum atomic E-state index is 13.9. The Balaban J connectivity index is 1.82. The average Bonchev–Trinajstić information content (AvgIpc) is 3.18. The SMILES string of the molecule is CC(C)(C)C(COc1ccccc1F)NC(=O)c1cc(C(N)=O)n(-c2ccccc2)n1. The molecule has 0 aliphatic rings. The molecule has 2 amide bonds. The van der Waals surface area contributed by atoms with Crippen molar-refractivity contribution in [2.45, 2.75) is 26.8 Å². The van der Waals surface area contributed by atoms with Crippen molar-refractivity contribution < 1.29 is 18.7 Å². The third-order valence-electron chi connectivity index (χ3n) is 4.79. The molecule has 3 rings (SSSR count). The molecule has 0 aliphatic heterocycles. The quantitative estimate of drug-likeness (QED) is 0.608. The fourth-order valence-corrected chi connectivity index (χ4v) is 2.91. The van der Waals surface area contributed by atoms with Gasteiger partial charge in [-0.05, 0) is 29.7 Å². The van der Waals surface area contributed by atoms with E-state index in [1.807, 2.05) is 26.8 Å². The van der Waals surface area contributed by atoms with Crippen LogP contribution in [0.5, 0.6) is 5.75 Å². The van der Waals surface area contributed by atoms with Gasteiger partial charge in [0.05, 0.1) is 11.7 Å². The van der Waals surface area contributed by atoms with Crippen molar-refractivity contribution >= 4 is 11.8 Å². The lowest BCUT2D eigenvalue weighted by Crippen LogP contribution is -2.47. The van der Waals surface area contributed by atoms with Crippen LogP contribution in [-0.2, 0) is 0 Å². The Kier molecular flexibility index (Phi) is 6.39. The van der Waals surface area contributed by atoms with E-state index in [9.17, 15) is 14.0 Å². The lowest BCUT2D eigenvalue weighted by atomic mass is 9.87. The number of para-hydroxylation sites is 2. The van der Waals surface area contributed by atoms with Crippen molar-refractivity contribution in [3.8, 4) is 11.4 Å². The first-order chi connectivity index (χ1) is 14.7. The molecular weight excluding hydrogens is 399 g/mol. The second kappa shape index (κ2) is 8.99. The number of benzene rings is 2. The second-order valence-corrected chi connectivity index (χ2v) is 8.16. The van der Waals surface area contributed by atoms with Crippen LogP contribution in [0.2, 0.25) is 0 Å². The topological polar surface area (TPSA) is 99.2 Å². The molecule has 0 spiro atoms. The maximum Gasteiger partial charge on any atom is 0.272 e. The van der Waals surface area contributed by atoms with E-state index in [2.05, 4.69) is 10.4 Å². The van der Waals surface area contributed by atoms with Crippen LogP contribution in [0.4, 0.5) is 4.39 Å². The number of carbonyl (C=O) groups excluding carboxylic acids is 2. The molecule has 0 aliphatic carbocycles. The normalized spacial score (nSPS) is 12.3. The maximum absolute atomic E-state index is 13.9. The highest BCUT2D eigenvalue weighted by Gasteiger charge is 2.29. The number of halogens is 1. The fourth-order valence-electron chi connectivity index (χ4n) is 2.91.